The standard InChI is InChI=1S/C17H18N2/c18-10-13-2-4-17-15(9-13)5-6-19(17)11-16-8-12-1-3-14(16)7-12/h2,4-6,9,12,14,16H,1,3,7-8,11H2. The van der Waals surface area contributed by atoms with Crippen LogP contribution in [0, 0.1) is 29.1 Å². The Morgan fingerprint density at radius 2 is 2.16 bits per heavy atom. The van der Waals surface area contributed by atoms with Gasteiger partial charge in [-0.25, -0.2) is 0 Å². The highest BCUT2D eigenvalue weighted by atomic mass is 15.0. The van der Waals surface area contributed by atoms with E-state index in [0.717, 1.165) is 29.9 Å². The molecule has 2 bridgehead atoms. The topological polar surface area (TPSA) is 28.7 Å². The van der Waals surface area contributed by atoms with Crippen molar-refractivity contribution in [3.63, 3.8) is 0 Å². The molecule has 2 aromatic rings. The monoisotopic (exact) mass is 250 g/mol. The number of hydrogen-bond donors (Lipinski definition) is 0. The van der Waals surface area contributed by atoms with Crippen LogP contribution in [-0.2, 0) is 6.54 Å². The first-order valence-electron chi connectivity index (χ1n) is 7.32. The quantitative estimate of drug-likeness (QED) is 0.793. The number of fused-ring (bicyclic) bond motifs is 3. The number of aromatic nitrogens is 1. The Bertz CT molecular complexity index is 661. The highest BCUT2D eigenvalue weighted by Crippen LogP contribution is 2.49. The summed E-state index contributed by atoms with van der Waals surface area (Å²) in [4.78, 5) is 0. The van der Waals surface area contributed by atoms with E-state index in [-0.39, 0.29) is 0 Å². The van der Waals surface area contributed by atoms with Crippen molar-refractivity contribution < 1.29 is 0 Å². The van der Waals surface area contributed by atoms with Crippen molar-refractivity contribution in [1.82, 2.24) is 4.57 Å². The maximum Gasteiger partial charge on any atom is 0.0991 e. The zero-order valence-electron chi connectivity index (χ0n) is 11.0. The molecular weight excluding hydrogens is 232 g/mol. The molecule has 0 radical (unpaired) electrons. The Morgan fingerprint density at radius 1 is 1.21 bits per heavy atom. The molecule has 4 rings (SSSR count). The highest BCUT2D eigenvalue weighted by Gasteiger charge is 2.39. The summed E-state index contributed by atoms with van der Waals surface area (Å²) in [5.41, 5.74) is 2.03. The largest absolute Gasteiger partial charge is 0.347 e. The summed E-state index contributed by atoms with van der Waals surface area (Å²) < 4.78 is 2.39. The fraction of sp³-hybridized carbons (Fsp3) is 0.471. The van der Waals surface area contributed by atoms with Crippen molar-refractivity contribution in [3.8, 4) is 6.07 Å². The van der Waals surface area contributed by atoms with E-state index in [1.165, 1.54) is 36.6 Å². The summed E-state index contributed by atoms with van der Waals surface area (Å²) in [6.07, 6.45) is 8.02. The zero-order valence-corrected chi connectivity index (χ0v) is 11.0. The third-order valence-electron chi connectivity index (χ3n) is 5.22. The Balaban J connectivity index is 1.63. The van der Waals surface area contributed by atoms with Crippen LogP contribution in [-0.4, -0.2) is 4.57 Å². The van der Waals surface area contributed by atoms with Crippen molar-refractivity contribution in [3.05, 3.63) is 36.0 Å². The van der Waals surface area contributed by atoms with Crippen LogP contribution >= 0.6 is 0 Å². The number of nitriles is 1. The minimum absolute atomic E-state index is 0.755. The van der Waals surface area contributed by atoms with Gasteiger partial charge in [0, 0.05) is 23.6 Å². The van der Waals surface area contributed by atoms with Gasteiger partial charge in [-0.3, -0.25) is 0 Å². The minimum atomic E-state index is 0.755. The number of benzene rings is 1. The van der Waals surface area contributed by atoms with Crippen molar-refractivity contribution in [2.45, 2.75) is 32.2 Å². The summed E-state index contributed by atoms with van der Waals surface area (Å²) in [6.45, 7) is 1.16. The van der Waals surface area contributed by atoms with E-state index in [4.69, 9.17) is 5.26 Å². The molecule has 3 atom stereocenters. The molecule has 1 heterocycles. The molecule has 2 heteroatoms. The second-order valence-corrected chi connectivity index (χ2v) is 6.29. The second-order valence-electron chi connectivity index (χ2n) is 6.29. The summed E-state index contributed by atoms with van der Waals surface area (Å²) >= 11 is 0. The first kappa shape index (κ1) is 11.1. The third kappa shape index (κ3) is 1.76. The zero-order chi connectivity index (χ0) is 12.8. The van der Waals surface area contributed by atoms with Gasteiger partial charge in [0.25, 0.3) is 0 Å². The van der Waals surface area contributed by atoms with Crippen LogP contribution < -0.4 is 0 Å². The molecule has 2 fully saturated rings. The minimum Gasteiger partial charge on any atom is -0.347 e. The maximum atomic E-state index is 8.95. The van der Waals surface area contributed by atoms with Gasteiger partial charge in [-0.1, -0.05) is 6.42 Å². The number of hydrogen-bond acceptors (Lipinski definition) is 1. The van der Waals surface area contributed by atoms with Crippen LogP contribution in [0.5, 0.6) is 0 Å². The van der Waals surface area contributed by atoms with Crippen LogP contribution in [0.2, 0.25) is 0 Å². The molecule has 0 saturated heterocycles. The number of nitrogens with zero attached hydrogens (tertiary/aromatic N) is 2. The third-order valence-corrected chi connectivity index (χ3v) is 5.22. The molecule has 2 saturated carbocycles. The van der Waals surface area contributed by atoms with Crippen LogP contribution in [0.25, 0.3) is 10.9 Å². The van der Waals surface area contributed by atoms with Gasteiger partial charge in [0.2, 0.25) is 0 Å². The Morgan fingerprint density at radius 3 is 2.89 bits per heavy atom. The predicted octanol–water partition coefficient (Wildman–Crippen LogP) is 3.95. The summed E-state index contributed by atoms with van der Waals surface area (Å²) in [5.74, 6) is 2.87. The van der Waals surface area contributed by atoms with E-state index in [1.807, 2.05) is 12.1 Å². The molecule has 0 aliphatic heterocycles. The van der Waals surface area contributed by atoms with E-state index >= 15 is 0 Å². The van der Waals surface area contributed by atoms with Crippen LogP contribution in [0.15, 0.2) is 30.5 Å². The molecule has 3 unspecified atom stereocenters. The van der Waals surface area contributed by atoms with Gasteiger partial charge in [0.05, 0.1) is 11.6 Å². The molecule has 96 valence electrons. The fourth-order valence-electron chi connectivity index (χ4n) is 4.28. The fourth-order valence-corrected chi connectivity index (χ4v) is 4.28. The van der Waals surface area contributed by atoms with Crippen LogP contribution in [0.3, 0.4) is 0 Å². The smallest absolute Gasteiger partial charge is 0.0991 e. The van der Waals surface area contributed by atoms with Crippen molar-refractivity contribution >= 4 is 10.9 Å². The highest BCUT2D eigenvalue weighted by molar-refractivity contribution is 5.81. The Labute approximate surface area is 113 Å². The average molecular weight is 250 g/mol. The molecule has 0 spiro atoms. The molecule has 2 nitrogen and oxygen atoms in total. The van der Waals surface area contributed by atoms with Crippen molar-refractivity contribution in [2.24, 2.45) is 17.8 Å². The summed E-state index contributed by atoms with van der Waals surface area (Å²) in [6, 6.07) is 10.4. The lowest BCUT2D eigenvalue weighted by molar-refractivity contribution is 0.299. The van der Waals surface area contributed by atoms with Gasteiger partial charge >= 0.3 is 0 Å². The van der Waals surface area contributed by atoms with Gasteiger partial charge in [-0.2, -0.15) is 5.26 Å². The molecule has 1 aromatic heterocycles. The molecule has 2 aliphatic rings. The molecule has 0 amide bonds. The van der Waals surface area contributed by atoms with Crippen LogP contribution in [0.1, 0.15) is 31.2 Å². The first-order chi connectivity index (χ1) is 9.33. The molecule has 0 N–H and O–H groups in total. The van der Waals surface area contributed by atoms with E-state index in [2.05, 4.69) is 29.0 Å². The van der Waals surface area contributed by atoms with E-state index < -0.39 is 0 Å². The number of rotatable bonds is 2. The van der Waals surface area contributed by atoms with Crippen molar-refractivity contribution in [1.29, 1.82) is 5.26 Å². The maximum absolute atomic E-state index is 8.95. The normalized spacial score (nSPS) is 28.9. The van der Waals surface area contributed by atoms with E-state index in [9.17, 15) is 0 Å². The predicted molar refractivity (Wildman–Crippen MR) is 75.6 cm³/mol. The average Bonchev–Trinajstić information content (AvgIpc) is 3.14. The lowest BCUT2D eigenvalue weighted by Gasteiger charge is -2.22. The molecule has 19 heavy (non-hydrogen) atoms. The molecule has 2 aliphatic carbocycles. The van der Waals surface area contributed by atoms with Gasteiger partial charge in [-0.05, 0) is 61.3 Å². The van der Waals surface area contributed by atoms with E-state index in [0.29, 0.717) is 0 Å². The van der Waals surface area contributed by atoms with Gasteiger partial charge in [0.1, 0.15) is 0 Å². The van der Waals surface area contributed by atoms with Gasteiger partial charge in [0.15, 0.2) is 0 Å². The van der Waals surface area contributed by atoms with Gasteiger partial charge < -0.3 is 4.57 Å². The van der Waals surface area contributed by atoms with Crippen molar-refractivity contribution in [2.75, 3.05) is 0 Å². The summed E-state index contributed by atoms with van der Waals surface area (Å²) in [5, 5.41) is 10.1. The van der Waals surface area contributed by atoms with Gasteiger partial charge in [-0.15, -0.1) is 0 Å². The summed E-state index contributed by atoms with van der Waals surface area (Å²) in [7, 11) is 0. The van der Waals surface area contributed by atoms with E-state index in [1.54, 1.807) is 0 Å². The molecular formula is C17H18N2. The molecule has 1 aromatic carbocycles. The lowest BCUT2D eigenvalue weighted by Crippen LogP contribution is -2.16. The van der Waals surface area contributed by atoms with Crippen LogP contribution in [0.4, 0.5) is 0 Å². The second kappa shape index (κ2) is 4.13. The Hall–Kier alpha value is -1.75. The lowest BCUT2D eigenvalue weighted by atomic mass is 9.89. The first-order valence-corrected chi connectivity index (χ1v) is 7.32. The Kier molecular flexibility index (Phi) is 2.41. The SMILES string of the molecule is N#Cc1ccc2c(ccn2CC2CC3CCC2C3)c1.